The largest absolute Gasteiger partial charge is 0.524 e. The highest BCUT2D eigenvalue weighted by Crippen LogP contribution is 2.31. The molecule has 3 N–H and O–H groups in total. The van der Waals surface area contributed by atoms with Crippen LogP contribution in [0.2, 0.25) is 6.32 Å². The summed E-state index contributed by atoms with van der Waals surface area (Å²) in [6.45, 7) is 2.57. The van der Waals surface area contributed by atoms with Gasteiger partial charge in [0, 0.05) is 13.1 Å². The SMILES string of the molecule is C[C@H](N)C(=O)N1C[C@@H]2CCCB(O)OC(=O)[C@@H]2C1. The highest BCUT2D eigenvalue weighted by Gasteiger charge is 2.42. The highest BCUT2D eigenvalue weighted by molar-refractivity contribution is 6.45. The molecule has 1 amide bonds. The molecule has 18 heavy (non-hydrogen) atoms. The smallest absolute Gasteiger partial charge is 0.509 e. The number of nitrogens with two attached hydrogens (primary N) is 1. The number of nitrogens with zero attached hydrogens (tertiary/aromatic N) is 1. The van der Waals surface area contributed by atoms with E-state index in [1.54, 1.807) is 11.8 Å². The van der Waals surface area contributed by atoms with E-state index in [9.17, 15) is 14.6 Å². The minimum absolute atomic E-state index is 0.130. The molecular formula is C11H19BN2O4. The average molecular weight is 254 g/mol. The molecule has 0 aromatic rings. The predicted octanol–water partition coefficient (Wildman–Crippen LogP) is -0.774. The van der Waals surface area contributed by atoms with Crippen molar-refractivity contribution < 1.29 is 19.3 Å². The Morgan fingerprint density at radius 2 is 2.33 bits per heavy atom. The van der Waals surface area contributed by atoms with Crippen molar-refractivity contribution in [3.05, 3.63) is 0 Å². The van der Waals surface area contributed by atoms with Crippen LogP contribution in [-0.4, -0.2) is 48.1 Å². The molecule has 0 radical (unpaired) electrons. The van der Waals surface area contributed by atoms with Crippen LogP contribution >= 0.6 is 0 Å². The molecule has 0 aliphatic carbocycles. The van der Waals surface area contributed by atoms with Crippen molar-refractivity contribution in [2.45, 2.75) is 32.1 Å². The second kappa shape index (κ2) is 5.28. The number of hydrogen-bond acceptors (Lipinski definition) is 5. The Hall–Kier alpha value is -1.08. The van der Waals surface area contributed by atoms with Gasteiger partial charge in [0.2, 0.25) is 5.91 Å². The van der Waals surface area contributed by atoms with E-state index in [4.69, 9.17) is 10.4 Å². The van der Waals surface area contributed by atoms with E-state index in [-0.39, 0.29) is 17.7 Å². The van der Waals surface area contributed by atoms with Gasteiger partial charge in [0.05, 0.1) is 12.0 Å². The molecule has 7 heteroatoms. The average Bonchev–Trinajstić information content (AvgIpc) is 2.70. The second-order valence-electron chi connectivity index (χ2n) is 5.22. The van der Waals surface area contributed by atoms with Crippen LogP contribution < -0.4 is 5.73 Å². The Balaban J connectivity index is 2.06. The van der Waals surface area contributed by atoms with Gasteiger partial charge in [-0.3, -0.25) is 9.59 Å². The lowest BCUT2D eigenvalue weighted by molar-refractivity contribution is -0.141. The molecule has 2 fully saturated rings. The molecule has 0 spiro atoms. The van der Waals surface area contributed by atoms with Gasteiger partial charge in [0.15, 0.2) is 0 Å². The number of hydrogen-bond donors (Lipinski definition) is 2. The molecule has 2 aliphatic heterocycles. The molecule has 0 aromatic heterocycles. The predicted molar refractivity (Wildman–Crippen MR) is 65.3 cm³/mol. The van der Waals surface area contributed by atoms with E-state index in [0.29, 0.717) is 19.4 Å². The van der Waals surface area contributed by atoms with Crippen LogP contribution in [0.1, 0.15) is 19.8 Å². The Morgan fingerprint density at radius 1 is 1.61 bits per heavy atom. The fraction of sp³-hybridized carbons (Fsp3) is 0.818. The maximum Gasteiger partial charge on any atom is 0.524 e. The van der Waals surface area contributed by atoms with Gasteiger partial charge >= 0.3 is 7.12 Å². The third-order valence-electron chi connectivity index (χ3n) is 3.72. The summed E-state index contributed by atoms with van der Waals surface area (Å²) in [5, 5.41) is 9.42. The Bertz CT molecular complexity index is 350. The number of amides is 1. The van der Waals surface area contributed by atoms with Gasteiger partial charge in [0.1, 0.15) is 0 Å². The molecular weight excluding hydrogens is 235 g/mol. The number of likely N-dealkylation sites (tertiary alicyclic amines) is 1. The first-order chi connectivity index (χ1) is 8.49. The Morgan fingerprint density at radius 3 is 3.00 bits per heavy atom. The lowest BCUT2D eigenvalue weighted by Gasteiger charge is -2.21. The van der Waals surface area contributed by atoms with Gasteiger partial charge in [-0.15, -0.1) is 0 Å². The summed E-state index contributed by atoms with van der Waals surface area (Å²) in [4.78, 5) is 25.3. The van der Waals surface area contributed by atoms with Crippen LogP contribution in [0.5, 0.6) is 0 Å². The fourth-order valence-corrected chi connectivity index (χ4v) is 2.73. The van der Waals surface area contributed by atoms with Crippen LogP contribution in [0.15, 0.2) is 0 Å². The molecule has 2 aliphatic rings. The van der Waals surface area contributed by atoms with Gasteiger partial charge in [-0.2, -0.15) is 0 Å². The summed E-state index contributed by atoms with van der Waals surface area (Å²) in [5.41, 5.74) is 5.58. The van der Waals surface area contributed by atoms with E-state index in [1.165, 1.54) is 0 Å². The van der Waals surface area contributed by atoms with Gasteiger partial charge in [-0.25, -0.2) is 0 Å². The minimum Gasteiger partial charge on any atom is -0.509 e. The molecule has 3 atom stereocenters. The Labute approximate surface area is 107 Å². The third-order valence-corrected chi connectivity index (χ3v) is 3.72. The van der Waals surface area contributed by atoms with Crippen LogP contribution in [0, 0.1) is 11.8 Å². The number of carbonyl (C=O) groups is 2. The summed E-state index contributed by atoms with van der Waals surface area (Å²) in [5.74, 6) is -0.711. The van der Waals surface area contributed by atoms with Gasteiger partial charge < -0.3 is 20.3 Å². The molecule has 2 rings (SSSR count). The molecule has 2 heterocycles. The molecule has 0 aromatic carbocycles. The molecule has 0 bridgehead atoms. The van der Waals surface area contributed by atoms with Crippen molar-refractivity contribution in [3.63, 3.8) is 0 Å². The number of rotatable bonds is 1. The third kappa shape index (κ3) is 2.67. The van der Waals surface area contributed by atoms with Crippen molar-refractivity contribution in [3.8, 4) is 0 Å². The molecule has 0 saturated carbocycles. The number of carbonyl (C=O) groups excluding carboxylic acids is 2. The quantitative estimate of drug-likeness (QED) is 0.599. The van der Waals surface area contributed by atoms with Crippen LogP contribution in [0.3, 0.4) is 0 Å². The first-order valence-electron chi connectivity index (χ1n) is 6.42. The normalized spacial score (nSPS) is 30.3. The Kier molecular flexibility index (Phi) is 3.92. The van der Waals surface area contributed by atoms with E-state index >= 15 is 0 Å². The zero-order valence-electron chi connectivity index (χ0n) is 10.5. The standard InChI is InChI=1S/C11H19BN2O4/c1-7(13)10(15)14-5-8-3-2-4-12(17)18-11(16)9(8)6-14/h7-9,17H,2-6,13H2,1H3/t7-,8-,9+/m0/s1. The van der Waals surface area contributed by atoms with E-state index in [1.807, 2.05) is 0 Å². The van der Waals surface area contributed by atoms with Gasteiger partial charge in [-0.05, 0) is 25.6 Å². The summed E-state index contributed by atoms with van der Waals surface area (Å²) >= 11 is 0. The zero-order chi connectivity index (χ0) is 13.3. The zero-order valence-corrected chi connectivity index (χ0v) is 10.5. The summed E-state index contributed by atoms with van der Waals surface area (Å²) in [7, 11) is -1.00. The van der Waals surface area contributed by atoms with Crippen molar-refractivity contribution in [1.29, 1.82) is 0 Å². The molecule has 100 valence electrons. The van der Waals surface area contributed by atoms with E-state index in [2.05, 4.69) is 0 Å². The van der Waals surface area contributed by atoms with Crippen molar-refractivity contribution in [2.24, 2.45) is 17.6 Å². The number of fused-ring (bicyclic) bond motifs is 1. The van der Waals surface area contributed by atoms with Gasteiger partial charge in [-0.1, -0.05) is 6.42 Å². The van der Waals surface area contributed by atoms with Crippen LogP contribution in [-0.2, 0) is 14.2 Å². The van der Waals surface area contributed by atoms with Crippen molar-refractivity contribution in [2.75, 3.05) is 13.1 Å². The summed E-state index contributed by atoms with van der Waals surface area (Å²) in [6, 6.07) is -0.545. The molecule has 0 unspecified atom stereocenters. The lowest BCUT2D eigenvalue weighted by atomic mass is 9.77. The monoisotopic (exact) mass is 254 g/mol. The van der Waals surface area contributed by atoms with Crippen LogP contribution in [0.4, 0.5) is 0 Å². The second-order valence-corrected chi connectivity index (χ2v) is 5.22. The maximum atomic E-state index is 11.8. The molecule has 2 saturated heterocycles. The van der Waals surface area contributed by atoms with Crippen LogP contribution in [0.25, 0.3) is 0 Å². The summed E-state index contributed by atoms with van der Waals surface area (Å²) < 4.78 is 4.94. The van der Waals surface area contributed by atoms with E-state index < -0.39 is 19.1 Å². The summed E-state index contributed by atoms with van der Waals surface area (Å²) in [6.07, 6.45) is 2.10. The highest BCUT2D eigenvalue weighted by atomic mass is 16.6. The lowest BCUT2D eigenvalue weighted by Crippen LogP contribution is -2.41. The first-order valence-corrected chi connectivity index (χ1v) is 6.42. The van der Waals surface area contributed by atoms with Crippen molar-refractivity contribution in [1.82, 2.24) is 4.90 Å². The van der Waals surface area contributed by atoms with Gasteiger partial charge in [0.25, 0.3) is 5.97 Å². The topological polar surface area (TPSA) is 92.9 Å². The maximum absolute atomic E-state index is 11.8. The first kappa shape index (κ1) is 13.4. The minimum atomic E-state index is -1.00. The van der Waals surface area contributed by atoms with E-state index in [0.717, 1.165) is 12.8 Å². The fourth-order valence-electron chi connectivity index (χ4n) is 2.73. The van der Waals surface area contributed by atoms with Crippen molar-refractivity contribution >= 4 is 19.0 Å². The molecule has 6 nitrogen and oxygen atoms in total.